The number of hydrogen-bond acceptors (Lipinski definition) is 4. The SMILES string of the molecule is COc1cc(C#N)nc(C2C3CC4CC(C3)CC2C4)n1. The standard InChI is InChI=1S/C16H19N3O/c1-20-14-7-13(8-17)18-16(19-14)15-11-3-9-2-10(5-11)6-12(15)4-9/h7,9-12,15H,2-6H2,1H3. The molecule has 4 aliphatic rings. The average molecular weight is 269 g/mol. The highest BCUT2D eigenvalue weighted by Gasteiger charge is 2.49. The van der Waals surface area contributed by atoms with E-state index in [4.69, 9.17) is 10.00 Å². The Hall–Kier alpha value is -1.63. The molecule has 4 aliphatic carbocycles. The highest BCUT2D eigenvalue weighted by molar-refractivity contribution is 5.28. The lowest BCUT2D eigenvalue weighted by Gasteiger charge is -2.53. The molecule has 4 saturated carbocycles. The summed E-state index contributed by atoms with van der Waals surface area (Å²) in [5.41, 5.74) is 0.431. The van der Waals surface area contributed by atoms with Crippen molar-refractivity contribution in [3.63, 3.8) is 0 Å². The van der Waals surface area contributed by atoms with Crippen molar-refractivity contribution in [3.05, 3.63) is 17.6 Å². The number of rotatable bonds is 2. The first kappa shape index (κ1) is 12.1. The van der Waals surface area contributed by atoms with Crippen molar-refractivity contribution < 1.29 is 4.74 Å². The molecule has 4 bridgehead atoms. The van der Waals surface area contributed by atoms with E-state index in [1.54, 1.807) is 13.2 Å². The molecule has 1 aromatic rings. The van der Waals surface area contributed by atoms with Crippen LogP contribution in [0.2, 0.25) is 0 Å². The molecule has 0 unspecified atom stereocenters. The number of methoxy groups -OCH3 is 1. The lowest BCUT2D eigenvalue weighted by atomic mass is 9.51. The fourth-order valence-electron chi connectivity index (χ4n) is 5.10. The highest BCUT2D eigenvalue weighted by atomic mass is 16.5. The Morgan fingerprint density at radius 1 is 1.10 bits per heavy atom. The molecular formula is C16H19N3O. The molecule has 5 rings (SSSR count). The van der Waals surface area contributed by atoms with Gasteiger partial charge in [-0.05, 0) is 55.8 Å². The monoisotopic (exact) mass is 269 g/mol. The van der Waals surface area contributed by atoms with Crippen LogP contribution in [-0.2, 0) is 0 Å². The fraction of sp³-hybridized carbons (Fsp3) is 0.688. The molecule has 0 aliphatic heterocycles. The Bertz CT molecular complexity index is 550. The topological polar surface area (TPSA) is 58.8 Å². The van der Waals surface area contributed by atoms with Crippen LogP contribution in [-0.4, -0.2) is 17.1 Å². The van der Waals surface area contributed by atoms with E-state index in [1.807, 2.05) is 0 Å². The van der Waals surface area contributed by atoms with Crippen molar-refractivity contribution in [1.82, 2.24) is 9.97 Å². The molecular weight excluding hydrogens is 250 g/mol. The van der Waals surface area contributed by atoms with Crippen LogP contribution in [0.15, 0.2) is 6.07 Å². The molecule has 104 valence electrons. The van der Waals surface area contributed by atoms with Gasteiger partial charge in [0.05, 0.1) is 7.11 Å². The zero-order valence-electron chi connectivity index (χ0n) is 11.7. The van der Waals surface area contributed by atoms with E-state index in [2.05, 4.69) is 16.0 Å². The van der Waals surface area contributed by atoms with Crippen LogP contribution < -0.4 is 4.74 Å². The minimum Gasteiger partial charge on any atom is -0.481 e. The van der Waals surface area contributed by atoms with Crippen molar-refractivity contribution in [2.45, 2.75) is 38.0 Å². The van der Waals surface area contributed by atoms with Gasteiger partial charge in [-0.2, -0.15) is 10.2 Å². The predicted molar refractivity (Wildman–Crippen MR) is 73.1 cm³/mol. The summed E-state index contributed by atoms with van der Waals surface area (Å²) in [4.78, 5) is 9.06. The van der Waals surface area contributed by atoms with Gasteiger partial charge in [0.15, 0.2) is 0 Å². The van der Waals surface area contributed by atoms with Crippen molar-refractivity contribution in [2.24, 2.45) is 23.7 Å². The summed E-state index contributed by atoms with van der Waals surface area (Å²) in [5.74, 6) is 5.17. The third kappa shape index (κ3) is 1.80. The molecule has 4 heteroatoms. The Labute approximate surface area is 119 Å². The number of nitriles is 1. The molecule has 1 aromatic heterocycles. The lowest BCUT2D eigenvalue weighted by molar-refractivity contribution is -0.00582. The van der Waals surface area contributed by atoms with Crippen molar-refractivity contribution in [2.75, 3.05) is 7.11 Å². The van der Waals surface area contributed by atoms with E-state index in [0.29, 0.717) is 17.5 Å². The minimum atomic E-state index is 0.431. The third-order valence-corrected chi connectivity index (χ3v) is 5.57. The van der Waals surface area contributed by atoms with E-state index < -0.39 is 0 Å². The Balaban J connectivity index is 1.72. The molecule has 20 heavy (non-hydrogen) atoms. The van der Waals surface area contributed by atoms with E-state index in [-0.39, 0.29) is 0 Å². The molecule has 4 nitrogen and oxygen atoms in total. The van der Waals surface area contributed by atoms with Crippen molar-refractivity contribution in [1.29, 1.82) is 5.26 Å². The lowest BCUT2D eigenvalue weighted by Crippen LogP contribution is -2.44. The number of nitrogens with zero attached hydrogens (tertiary/aromatic N) is 3. The fourth-order valence-corrected chi connectivity index (χ4v) is 5.10. The average Bonchev–Trinajstić information content (AvgIpc) is 2.45. The molecule has 0 amide bonds. The maximum absolute atomic E-state index is 9.14. The first-order valence-electron chi connectivity index (χ1n) is 7.60. The van der Waals surface area contributed by atoms with Crippen LogP contribution in [0.25, 0.3) is 0 Å². The third-order valence-electron chi connectivity index (χ3n) is 5.57. The quantitative estimate of drug-likeness (QED) is 0.828. The van der Waals surface area contributed by atoms with Crippen LogP contribution in [0.3, 0.4) is 0 Å². The van der Waals surface area contributed by atoms with Gasteiger partial charge in [0.2, 0.25) is 5.88 Å². The summed E-state index contributed by atoms with van der Waals surface area (Å²) in [6, 6.07) is 3.76. The maximum atomic E-state index is 9.14. The second kappa shape index (κ2) is 4.44. The molecule has 0 spiro atoms. The van der Waals surface area contributed by atoms with E-state index in [0.717, 1.165) is 29.5 Å². The van der Waals surface area contributed by atoms with Gasteiger partial charge in [-0.1, -0.05) is 0 Å². The van der Waals surface area contributed by atoms with Gasteiger partial charge < -0.3 is 4.74 Å². The summed E-state index contributed by atoms with van der Waals surface area (Å²) < 4.78 is 5.24. The van der Waals surface area contributed by atoms with Gasteiger partial charge in [-0.25, -0.2) is 4.98 Å². The zero-order valence-corrected chi connectivity index (χ0v) is 11.7. The summed E-state index contributed by atoms with van der Waals surface area (Å²) in [7, 11) is 1.60. The van der Waals surface area contributed by atoms with Gasteiger partial charge in [-0.15, -0.1) is 0 Å². The van der Waals surface area contributed by atoms with Crippen molar-refractivity contribution in [3.8, 4) is 11.9 Å². The van der Waals surface area contributed by atoms with E-state index in [1.165, 1.54) is 32.1 Å². The molecule has 0 aromatic carbocycles. The van der Waals surface area contributed by atoms with Gasteiger partial charge in [0.1, 0.15) is 17.6 Å². The second-order valence-corrected chi connectivity index (χ2v) is 6.72. The van der Waals surface area contributed by atoms with Gasteiger partial charge in [0, 0.05) is 12.0 Å². The predicted octanol–water partition coefficient (Wildman–Crippen LogP) is 2.90. The highest BCUT2D eigenvalue weighted by Crippen LogP contribution is 2.59. The molecule has 0 radical (unpaired) electrons. The first-order chi connectivity index (χ1) is 9.76. The normalized spacial score (nSPS) is 37.7. The Morgan fingerprint density at radius 2 is 1.75 bits per heavy atom. The van der Waals surface area contributed by atoms with Crippen LogP contribution in [0, 0.1) is 35.0 Å². The molecule has 4 fully saturated rings. The second-order valence-electron chi connectivity index (χ2n) is 6.72. The van der Waals surface area contributed by atoms with E-state index >= 15 is 0 Å². The Kier molecular flexibility index (Phi) is 2.70. The summed E-state index contributed by atoms with van der Waals surface area (Å²) >= 11 is 0. The van der Waals surface area contributed by atoms with Crippen LogP contribution in [0.5, 0.6) is 5.88 Å². The Morgan fingerprint density at radius 3 is 2.30 bits per heavy atom. The smallest absolute Gasteiger partial charge is 0.217 e. The van der Waals surface area contributed by atoms with Crippen LogP contribution in [0.4, 0.5) is 0 Å². The van der Waals surface area contributed by atoms with Crippen LogP contribution in [0.1, 0.15) is 49.5 Å². The first-order valence-corrected chi connectivity index (χ1v) is 7.60. The van der Waals surface area contributed by atoms with Gasteiger partial charge >= 0.3 is 0 Å². The summed E-state index contributed by atoms with van der Waals surface area (Å²) in [6.07, 6.45) is 6.78. The van der Waals surface area contributed by atoms with Gasteiger partial charge in [-0.3, -0.25) is 0 Å². The summed E-state index contributed by atoms with van der Waals surface area (Å²) in [6.45, 7) is 0. The van der Waals surface area contributed by atoms with Crippen LogP contribution >= 0.6 is 0 Å². The number of ether oxygens (including phenoxy) is 1. The molecule has 0 N–H and O–H groups in total. The number of aromatic nitrogens is 2. The number of hydrogen-bond donors (Lipinski definition) is 0. The van der Waals surface area contributed by atoms with Crippen molar-refractivity contribution >= 4 is 0 Å². The molecule has 1 heterocycles. The zero-order chi connectivity index (χ0) is 13.7. The molecule has 0 atom stereocenters. The maximum Gasteiger partial charge on any atom is 0.217 e. The van der Waals surface area contributed by atoms with Gasteiger partial charge in [0.25, 0.3) is 0 Å². The molecule has 0 saturated heterocycles. The minimum absolute atomic E-state index is 0.431. The largest absolute Gasteiger partial charge is 0.481 e. The summed E-state index contributed by atoms with van der Waals surface area (Å²) in [5, 5.41) is 9.14. The van der Waals surface area contributed by atoms with E-state index in [9.17, 15) is 0 Å².